The average Bonchev–Trinajstić information content (AvgIpc) is 2.32. The van der Waals surface area contributed by atoms with E-state index in [4.69, 9.17) is 0 Å². The van der Waals surface area contributed by atoms with Crippen molar-refractivity contribution in [3.63, 3.8) is 0 Å². The summed E-state index contributed by atoms with van der Waals surface area (Å²) >= 11 is 1.59. The second-order valence-corrected chi connectivity index (χ2v) is 4.75. The highest BCUT2D eigenvalue weighted by molar-refractivity contribution is 7.99. The predicted molar refractivity (Wildman–Crippen MR) is 69.1 cm³/mol. The van der Waals surface area contributed by atoms with Crippen LogP contribution in [0.3, 0.4) is 0 Å². The molecule has 1 aromatic heterocycles. The first-order chi connectivity index (χ1) is 8.17. The minimum absolute atomic E-state index is 0.179. The van der Waals surface area contributed by atoms with Gasteiger partial charge in [0.05, 0.1) is 18.6 Å². The Morgan fingerprint density at radius 3 is 2.94 bits per heavy atom. The largest absolute Gasteiger partial charge is 0.469 e. The molecular formula is C12H18N2O2S. The zero-order valence-electron chi connectivity index (χ0n) is 10.4. The minimum atomic E-state index is -0.179. The first-order valence-electron chi connectivity index (χ1n) is 5.47. The molecule has 1 aromatic rings. The number of carbonyl (C=O) groups is 1. The third kappa shape index (κ3) is 4.75. The number of hydrogen-bond donors (Lipinski definition) is 1. The average molecular weight is 254 g/mol. The molecule has 0 radical (unpaired) electrons. The summed E-state index contributed by atoms with van der Waals surface area (Å²) in [6.07, 6.45) is 2.28. The van der Waals surface area contributed by atoms with E-state index in [1.54, 1.807) is 11.8 Å². The lowest BCUT2D eigenvalue weighted by molar-refractivity contribution is -0.140. The maximum absolute atomic E-state index is 11.0. The van der Waals surface area contributed by atoms with E-state index in [0.717, 1.165) is 17.1 Å². The fourth-order valence-electron chi connectivity index (χ4n) is 1.41. The van der Waals surface area contributed by atoms with E-state index in [-0.39, 0.29) is 5.97 Å². The quantitative estimate of drug-likeness (QED) is 0.619. The van der Waals surface area contributed by atoms with Crippen molar-refractivity contribution in [2.75, 3.05) is 19.9 Å². The number of hydrogen-bond acceptors (Lipinski definition) is 5. The molecule has 4 nitrogen and oxygen atoms in total. The molecule has 0 fully saturated rings. The van der Waals surface area contributed by atoms with Crippen LogP contribution in [0.5, 0.6) is 0 Å². The number of nitrogens with one attached hydrogen (secondary N) is 1. The minimum Gasteiger partial charge on any atom is -0.469 e. The van der Waals surface area contributed by atoms with Crippen LogP contribution in [0.15, 0.2) is 17.3 Å². The number of thioether (sulfide) groups is 1. The summed E-state index contributed by atoms with van der Waals surface area (Å²) in [7, 11) is 3.32. The van der Waals surface area contributed by atoms with Gasteiger partial charge in [0.25, 0.3) is 0 Å². The van der Waals surface area contributed by atoms with Gasteiger partial charge in [-0.15, -0.1) is 11.8 Å². The molecule has 1 heterocycles. The summed E-state index contributed by atoms with van der Waals surface area (Å²) in [4.78, 5) is 15.4. The van der Waals surface area contributed by atoms with Crippen LogP contribution in [0.25, 0.3) is 0 Å². The van der Waals surface area contributed by atoms with Crippen molar-refractivity contribution in [1.82, 2.24) is 10.3 Å². The molecule has 0 amide bonds. The van der Waals surface area contributed by atoms with E-state index in [1.165, 1.54) is 12.7 Å². The zero-order chi connectivity index (χ0) is 12.7. The smallest absolute Gasteiger partial charge is 0.306 e. The second-order valence-electron chi connectivity index (χ2n) is 3.67. The Hall–Kier alpha value is -1.07. The van der Waals surface area contributed by atoms with Gasteiger partial charge in [0.1, 0.15) is 0 Å². The van der Waals surface area contributed by atoms with Gasteiger partial charge in [-0.2, -0.15) is 0 Å². The Labute approximate surface area is 106 Å². The highest BCUT2D eigenvalue weighted by atomic mass is 32.2. The molecule has 0 aliphatic rings. The number of aryl methyl sites for hydroxylation is 1. The molecule has 0 bridgehead atoms. The van der Waals surface area contributed by atoms with Crippen LogP contribution in [-0.2, 0) is 16.1 Å². The zero-order valence-corrected chi connectivity index (χ0v) is 11.3. The van der Waals surface area contributed by atoms with Gasteiger partial charge in [-0.3, -0.25) is 4.79 Å². The van der Waals surface area contributed by atoms with Crippen molar-refractivity contribution in [1.29, 1.82) is 0 Å². The van der Waals surface area contributed by atoms with E-state index in [0.29, 0.717) is 12.2 Å². The van der Waals surface area contributed by atoms with E-state index >= 15 is 0 Å². The molecule has 0 aliphatic carbocycles. The summed E-state index contributed by atoms with van der Waals surface area (Å²) in [6.45, 7) is 2.85. The van der Waals surface area contributed by atoms with Crippen molar-refractivity contribution in [2.24, 2.45) is 0 Å². The van der Waals surface area contributed by atoms with Crippen molar-refractivity contribution in [3.8, 4) is 0 Å². The van der Waals surface area contributed by atoms with Crippen LogP contribution in [-0.4, -0.2) is 30.9 Å². The standard InChI is InChI=1S/C12H18N2O2S/c1-9-6-10(7-13-2)8-14-12(9)17-5-4-11(15)16-3/h6,8,13H,4-5,7H2,1-3H3. The molecule has 0 atom stereocenters. The van der Waals surface area contributed by atoms with Crippen molar-refractivity contribution < 1.29 is 9.53 Å². The molecule has 94 valence electrons. The molecule has 0 saturated carbocycles. The maximum Gasteiger partial charge on any atom is 0.306 e. The molecule has 5 heteroatoms. The molecule has 0 unspecified atom stereocenters. The normalized spacial score (nSPS) is 10.3. The van der Waals surface area contributed by atoms with Crippen LogP contribution >= 0.6 is 11.8 Å². The van der Waals surface area contributed by atoms with E-state index < -0.39 is 0 Å². The number of ether oxygens (including phenoxy) is 1. The first-order valence-corrected chi connectivity index (χ1v) is 6.45. The predicted octanol–water partition coefficient (Wildman–Crippen LogP) is 1.76. The second kappa shape index (κ2) is 7.29. The van der Waals surface area contributed by atoms with Crippen LogP contribution in [0.1, 0.15) is 17.5 Å². The van der Waals surface area contributed by atoms with E-state index in [9.17, 15) is 4.79 Å². The summed E-state index contributed by atoms with van der Waals surface area (Å²) < 4.78 is 4.59. The molecule has 0 saturated heterocycles. The third-order valence-corrected chi connectivity index (χ3v) is 3.35. The molecule has 1 N–H and O–H groups in total. The van der Waals surface area contributed by atoms with Crippen molar-refractivity contribution in [2.45, 2.75) is 24.9 Å². The number of aromatic nitrogens is 1. The lowest BCUT2D eigenvalue weighted by Crippen LogP contribution is -2.06. The van der Waals surface area contributed by atoms with Gasteiger partial charge in [0, 0.05) is 18.5 Å². The van der Waals surface area contributed by atoms with Gasteiger partial charge >= 0.3 is 5.97 Å². The van der Waals surface area contributed by atoms with Crippen LogP contribution < -0.4 is 5.32 Å². The topological polar surface area (TPSA) is 51.2 Å². The molecule has 17 heavy (non-hydrogen) atoms. The van der Waals surface area contributed by atoms with E-state index in [2.05, 4.69) is 21.1 Å². The number of pyridine rings is 1. The van der Waals surface area contributed by atoms with Gasteiger partial charge < -0.3 is 10.1 Å². The highest BCUT2D eigenvalue weighted by Crippen LogP contribution is 2.21. The number of carbonyl (C=O) groups excluding carboxylic acids is 1. The molecule has 0 aliphatic heterocycles. The maximum atomic E-state index is 11.0. The Kier molecular flexibility index (Phi) is 6.00. The lowest BCUT2D eigenvalue weighted by atomic mass is 10.2. The SMILES string of the molecule is CNCc1cnc(SCCC(=O)OC)c(C)c1. The first kappa shape index (κ1) is 14.0. The van der Waals surface area contributed by atoms with Crippen molar-refractivity contribution in [3.05, 3.63) is 23.4 Å². The Morgan fingerprint density at radius 2 is 2.35 bits per heavy atom. The Balaban J connectivity index is 2.51. The summed E-state index contributed by atoms with van der Waals surface area (Å²) in [5.74, 6) is 0.522. The number of nitrogens with zero attached hydrogens (tertiary/aromatic N) is 1. The van der Waals surface area contributed by atoms with E-state index in [1.807, 2.05) is 20.2 Å². The number of esters is 1. The third-order valence-electron chi connectivity index (χ3n) is 2.24. The fourth-order valence-corrected chi connectivity index (χ4v) is 2.28. The fraction of sp³-hybridized carbons (Fsp3) is 0.500. The van der Waals surface area contributed by atoms with Gasteiger partial charge in [-0.25, -0.2) is 4.98 Å². The monoisotopic (exact) mass is 254 g/mol. The molecular weight excluding hydrogens is 236 g/mol. The van der Waals surface area contributed by atoms with Crippen molar-refractivity contribution >= 4 is 17.7 Å². The summed E-state index contributed by atoms with van der Waals surface area (Å²) in [6, 6.07) is 2.12. The van der Waals surface area contributed by atoms with Crippen LogP contribution in [0.2, 0.25) is 0 Å². The van der Waals surface area contributed by atoms with Gasteiger partial charge in [-0.1, -0.05) is 6.07 Å². The van der Waals surface area contributed by atoms with Gasteiger partial charge in [0.2, 0.25) is 0 Å². The number of methoxy groups -OCH3 is 1. The highest BCUT2D eigenvalue weighted by Gasteiger charge is 2.05. The molecule has 0 aromatic carbocycles. The van der Waals surface area contributed by atoms with Gasteiger partial charge in [0.15, 0.2) is 0 Å². The Morgan fingerprint density at radius 1 is 1.59 bits per heavy atom. The molecule has 0 spiro atoms. The summed E-state index contributed by atoms with van der Waals surface area (Å²) in [5.41, 5.74) is 2.31. The molecule has 1 rings (SSSR count). The number of rotatable bonds is 6. The van der Waals surface area contributed by atoms with Gasteiger partial charge in [-0.05, 0) is 25.1 Å². The lowest BCUT2D eigenvalue weighted by Gasteiger charge is -2.06. The van der Waals surface area contributed by atoms with Crippen LogP contribution in [0, 0.1) is 6.92 Å². The summed E-state index contributed by atoms with van der Waals surface area (Å²) in [5, 5.41) is 4.07. The van der Waals surface area contributed by atoms with Crippen LogP contribution in [0.4, 0.5) is 0 Å². The Bertz CT molecular complexity index is 383.